The highest BCUT2D eigenvalue weighted by atomic mass is 79.9. The van der Waals surface area contributed by atoms with Crippen molar-refractivity contribution < 1.29 is 19.1 Å². The summed E-state index contributed by atoms with van der Waals surface area (Å²) >= 11 is 3.53. The average molecular weight is 482 g/mol. The van der Waals surface area contributed by atoms with E-state index in [2.05, 4.69) is 20.9 Å². The molecule has 0 saturated heterocycles. The first-order chi connectivity index (χ1) is 14.9. The van der Waals surface area contributed by atoms with Gasteiger partial charge >= 0.3 is 0 Å². The Morgan fingerprint density at radius 3 is 2.68 bits per heavy atom. The van der Waals surface area contributed by atoms with E-state index in [1.165, 1.54) is 10.6 Å². The lowest BCUT2D eigenvalue weighted by Crippen LogP contribution is -2.38. The summed E-state index contributed by atoms with van der Waals surface area (Å²) in [6.45, 7) is 4.15. The van der Waals surface area contributed by atoms with Crippen molar-refractivity contribution in [1.82, 2.24) is 5.06 Å². The Balaban J connectivity index is 1.60. The molecular weight excluding hydrogens is 462 g/mol. The summed E-state index contributed by atoms with van der Waals surface area (Å²) in [5.74, 6) is 1.36. The highest BCUT2D eigenvalue weighted by Gasteiger charge is 2.34. The SMILES string of the molecule is COc1cc(/C=C2\C(=N)N3OC(C)=CC3=NC2=O)cc(Br)c1OCc1ccc(C)cc1. The number of carbonyl (C=O) groups is 1. The van der Waals surface area contributed by atoms with E-state index in [-0.39, 0.29) is 11.4 Å². The first kappa shape index (κ1) is 20.9. The number of hydrogen-bond acceptors (Lipinski definition) is 5. The van der Waals surface area contributed by atoms with Crippen LogP contribution in [0.15, 0.2) is 63.3 Å². The van der Waals surface area contributed by atoms with Gasteiger partial charge in [0.25, 0.3) is 5.91 Å². The first-order valence-electron chi connectivity index (χ1n) is 9.51. The minimum absolute atomic E-state index is 0.0714. The van der Waals surface area contributed by atoms with Gasteiger partial charge in [-0.2, -0.15) is 4.99 Å². The second-order valence-corrected chi connectivity index (χ2v) is 7.99. The lowest BCUT2D eigenvalue weighted by atomic mass is 10.1. The Bertz CT molecular complexity index is 1170. The van der Waals surface area contributed by atoms with Gasteiger partial charge in [0.05, 0.1) is 17.2 Å². The topological polar surface area (TPSA) is 84.2 Å². The number of hydrogen-bond donors (Lipinski definition) is 1. The molecule has 7 nitrogen and oxygen atoms in total. The Kier molecular flexibility index (Phi) is 5.65. The van der Waals surface area contributed by atoms with Crippen LogP contribution in [0.3, 0.4) is 0 Å². The minimum Gasteiger partial charge on any atom is -0.493 e. The van der Waals surface area contributed by atoms with E-state index < -0.39 is 5.91 Å². The summed E-state index contributed by atoms with van der Waals surface area (Å²) < 4.78 is 12.2. The molecule has 1 N–H and O–H groups in total. The number of allylic oxidation sites excluding steroid dienone is 1. The van der Waals surface area contributed by atoms with Crippen LogP contribution < -0.4 is 9.47 Å². The smallest absolute Gasteiger partial charge is 0.282 e. The molecule has 0 fully saturated rings. The molecule has 1 amide bonds. The van der Waals surface area contributed by atoms with Gasteiger partial charge in [-0.1, -0.05) is 29.8 Å². The normalized spacial score (nSPS) is 16.6. The molecule has 31 heavy (non-hydrogen) atoms. The van der Waals surface area contributed by atoms with Gasteiger partial charge < -0.3 is 14.3 Å². The number of methoxy groups -OCH3 is 1. The van der Waals surface area contributed by atoms with Gasteiger partial charge in [0.2, 0.25) is 0 Å². The molecule has 0 saturated carbocycles. The predicted molar refractivity (Wildman–Crippen MR) is 121 cm³/mol. The van der Waals surface area contributed by atoms with Gasteiger partial charge in [-0.05, 0) is 59.1 Å². The van der Waals surface area contributed by atoms with E-state index in [4.69, 9.17) is 19.7 Å². The summed E-state index contributed by atoms with van der Waals surface area (Å²) in [5, 5.41) is 9.57. The summed E-state index contributed by atoms with van der Waals surface area (Å²) in [6, 6.07) is 11.6. The molecule has 158 valence electrons. The minimum atomic E-state index is -0.499. The molecule has 2 aliphatic rings. The van der Waals surface area contributed by atoms with Crippen LogP contribution in [0.2, 0.25) is 0 Å². The zero-order valence-corrected chi connectivity index (χ0v) is 18.8. The van der Waals surface area contributed by atoms with E-state index >= 15 is 0 Å². The number of carbonyl (C=O) groups excluding carboxylic acids is 1. The number of aliphatic imine (C=N–C) groups is 1. The van der Waals surface area contributed by atoms with Crippen molar-refractivity contribution in [2.24, 2.45) is 4.99 Å². The lowest BCUT2D eigenvalue weighted by Gasteiger charge is -2.23. The molecule has 8 heteroatoms. The largest absolute Gasteiger partial charge is 0.493 e. The quantitative estimate of drug-likeness (QED) is 0.620. The second kappa shape index (κ2) is 8.39. The van der Waals surface area contributed by atoms with Gasteiger partial charge in [0, 0.05) is 6.08 Å². The summed E-state index contributed by atoms with van der Waals surface area (Å²) in [4.78, 5) is 21.9. The van der Waals surface area contributed by atoms with Gasteiger partial charge in [-0.25, -0.2) is 0 Å². The molecule has 2 heterocycles. The van der Waals surface area contributed by atoms with Crippen LogP contribution in [0, 0.1) is 12.3 Å². The average Bonchev–Trinajstić information content (AvgIpc) is 3.11. The van der Waals surface area contributed by atoms with Crippen LogP contribution in [-0.2, 0) is 16.2 Å². The molecule has 0 unspecified atom stereocenters. The van der Waals surface area contributed by atoms with Crippen LogP contribution >= 0.6 is 15.9 Å². The van der Waals surface area contributed by atoms with E-state index in [0.29, 0.717) is 39.7 Å². The number of ether oxygens (including phenoxy) is 2. The predicted octanol–water partition coefficient (Wildman–Crippen LogP) is 4.80. The molecule has 0 aliphatic carbocycles. The van der Waals surface area contributed by atoms with E-state index in [1.54, 1.807) is 38.3 Å². The van der Waals surface area contributed by atoms with E-state index in [1.807, 2.05) is 31.2 Å². The van der Waals surface area contributed by atoms with Crippen molar-refractivity contribution in [1.29, 1.82) is 5.41 Å². The maximum atomic E-state index is 12.5. The fourth-order valence-corrected chi connectivity index (χ4v) is 3.74. The Morgan fingerprint density at radius 2 is 1.97 bits per heavy atom. The highest BCUT2D eigenvalue weighted by Crippen LogP contribution is 2.38. The van der Waals surface area contributed by atoms with Crippen molar-refractivity contribution >= 4 is 39.6 Å². The Hall–Kier alpha value is -3.39. The molecule has 0 radical (unpaired) electrons. The zero-order chi connectivity index (χ0) is 22.1. The molecular formula is C23H20BrN3O4. The number of benzene rings is 2. The number of halogens is 1. The molecule has 2 aromatic carbocycles. The van der Waals surface area contributed by atoms with Crippen molar-refractivity contribution in [3.63, 3.8) is 0 Å². The van der Waals surface area contributed by atoms with Gasteiger partial charge in [-0.3, -0.25) is 10.2 Å². The molecule has 0 aromatic heterocycles. The number of hydroxylamine groups is 2. The number of aryl methyl sites for hydroxylation is 1. The van der Waals surface area contributed by atoms with Crippen molar-refractivity contribution in [3.8, 4) is 11.5 Å². The highest BCUT2D eigenvalue weighted by molar-refractivity contribution is 9.10. The van der Waals surface area contributed by atoms with Crippen LogP contribution in [0.4, 0.5) is 0 Å². The van der Waals surface area contributed by atoms with Crippen LogP contribution in [-0.4, -0.2) is 29.8 Å². The number of rotatable bonds is 5. The molecule has 0 bridgehead atoms. The molecule has 4 rings (SSSR count). The first-order valence-corrected chi connectivity index (χ1v) is 10.3. The third kappa shape index (κ3) is 4.25. The molecule has 0 atom stereocenters. The van der Waals surface area contributed by atoms with Crippen molar-refractivity contribution in [3.05, 3.63) is 75.0 Å². The van der Waals surface area contributed by atoms with Gasteiger partial charge in [-0.15, -0.1) is 5.06 Å². The van der Waals surface area contributed by atoms with Gasteiger partial charge in [0.1, 0.15) is 12.4 Å². The second-order valence-electron chi connectivity index (χ2n) is 7.13. The van der Waals surface area contributed by atoms with E-state index in [9.17, 15) is 4.79 Å². The number of nitrogens with zero attached hydrogens (tertiary/aromatic N) is 2. The number of fused-ring (bicyclic) bond motifs is 1. The standard InChI is InChI=1S/C23H20BrN3O4/c1-13-4-6-15(7-5-13)12-30-21-18(24)10-16(11-19(21)29-3)9-17-22(25)27-20(26-23(17)28)8-14(2)31-27/h4-11,25H,12H2,1-3H3/b17-9+,25-22?. The molecule has 0 spiro atoms. The lowest BCUT2D eigenvalue weighted by molar-refractivity contribution is -0.114. The number of nitrogens with one attached hydrogen (secondary N) is 1. The van der Waals surface area contributed by atoms with Gasteiger partial charge in [0.15, 0.2) is 23.2 Å². The molecule has 2 aromatic rings. The Labute approximate surface area is 188 Å². The zero-order valence-electron chi connectivity index (χ0n) is 17.2. The summed E-state index contributed by atoms with van der Waals surface area (Å²) in [7, 11) is 1.55. The van der Waals surface area contributed by atoms with Crippen molar-refractivity contribution in [2.75, 3.05) is 7.11 Å². The van der Waals surface area contributed by atoms with Crippen LogP contribution in [0.1, 0.15) is 23.6 Å². The maximum absolute atomic E-state index is 12.5. The fraction of sp³-hybridized carbons (Fsp3) is 0.174. The Morgan fingerprint density at radius 1 is 1.23 bits per heavy atom. The third-order valence-corrected chi connectivity index (χ3v) is 5.34. The van der Waals surface area contributed by atoms with Crippen LogP contribution in [0.5, 0.6) is 11.5 Å². The maximum Gasteiger partial charge on any atom is 0.282 e. The summed E-state index contributed by atoms with van der Waals surface area (Å²) in [6.07, 6.45) is 3.20. The van der Waals surface area contributed by atoms with Crippen molar-refractivity contribution in [2.45, 2.75) is 20.5 Å². The number of amidine groups is 2. The fourth-order valence-electron chi connectivity index (χ4n) is 3.17. The number of amides is 1. The third-order valence-electron chi connectivity index (χ3n) is 4.75. The molecule has 2 aliphatic heterocycles. The summed E-state index contributed by atoms with van der Waals surface area (Å²) in [5.41, 5.74) is 3.00. The van der Waals surface area contributed by atoms with E-state index in [0.717, 1.165) is 5.56 Å². The van der Waals surface area contributed by atoms with Crippen LogP contribution in [0.25, 0.3) is 6.08 Å². The monoisotopic (exact) mass is 481 g/mol.